The van der Waals surface area contributed by atoms with Gasteiger partial charge >= 0.3 is 0 Å². The number of rotatable bonds is 3. The number of carbonyl (C=O) groups excluding carboxylic acids is 1. The first-order valence-corrected chi connectivity index (χ1v) is 7.20. The number of anilines is 1. The van der Waals surface area contributed by atoms with Crippen LogP contribution in [-0.2, 0) is 4.79 Å². The van der Waals surface area contributed by atoms with Crippen molar-refractivity contribution in [3.63, 3.8) is 0 Å². The summed E-state index contributed by atoms with van der Waals surface area (Å²) in [5.41, 5.74) is 3.03. The summed E-state index contributed by atoms with van der Waals surface area (Å²) < 4.78 is 7.12. The molecule has 24 heavy (non-hydrogen) atoms. The molecule has 0 aliphatic rings. The van der Waals surface area contributed by atoms with Gasteiger partial charge in [0.1, 0.15) is 6.33 Å². The Morgan fingerprint density at radius 3 is 2.71 bits per heavy atom. The molecule has 1 N–H and O–H groups in total. The zero-order valence-corrected chi connectivity index (χ0v) is 12.7. The van der Waals surface area contributed by atoms with Gasteiger partial charge in [-0.1, -0.05) is 5.16 Å². The lowest BCUT2D eigenvalue weighted by Gasteiger charge is -2.01. The molecular weight excluding hydrogens is 308 g/mol. The third kappa shape index (κ3) is 2.60. The minimum Gasteiger partial charge on any atom is -0.334 e. The Hall–Kier alpha value is -3.55. The van der Waals surface area contributed by atoms with E-state index in [4.69, 9.17) is 4.52 Å². The summed E-state index contributed by atoms with van der Waals surface area (Å²) in [6.07, 6.45) is 3.45. The Labute approximate surface area is 136 Å². The van der Waals surface area contributed by atoms with E-state index in [0.717, 1.165) is 16.8 Å². The van der Waals surface area contributed by atoms with E-state index in [9.17, 15) is 4.79 Å². The number of benzene rings is 1. The normalized spacial score (nSPS) is 10.9. The standard InChI is InChI=1S/C16H12N6O2/c1-10(23)18-13-5-2-11(3-6-13)16-19-15(21-24-16)12-4-7-14-20-17-9-22(14)8-12/h2-9H,1H3,(H,18,23). The van der Waals surface area contributed by atoms with Crippen molar-refractivity contribution in [2.45, 2.75) is 6.92 Å². The Morgan fingerprint density at radius 1 is 1.12 bits per heavy atom. The molecule has 8 heteroatoms. The summed E-state index contributed by atoms with van der Waals surface area (Å²) >= 11 is 0. The number of nitrogens with one attached hydrogen (secondary N) is 1. The first-order valence-electron chi connectivity index (χ1n) is 7.20. The quantitative estimate of drug-likeness (QED) is 0.622. The highest BCUT2D eigenvalue weighted by atomic mass is 16.5. The van der Waals surface area contributed by atoms with Crippen molar-refractivity contribution >= 4 is 17.2 Å². The number of hydrogen-bond acceptors (Lipinski definition) is 6. The first kappa shape index (κ1) is 14.1. The van der Waals surface area contributed by atoms with Crippen LogP contribution in [0.4, 0.5) is 5.69 Å². The van der Waals surface area contributed by atoms with E-state index in [1.54, 1.807) is 22.9 Å². The second-order valence-electron chi connectivity index (χ2n) is 5.20. The molecule has 0 aliphatic carbocycles. The molecule has 0 unspecified atom stereocenters. The van der Waals surface area contributed by atoms with E-state index in [2.05, 4.69) is 25.7 Å². The van der Waals surface area contributed by atoms with Gasteiger partial charge in [0.15, 0.2) is 5.65 Å². The number of nitrogens with zero attached hydrogens (tertiary/aromatic N) is 5. The third-order valence-corrected chi connectivity index (χ3v) is 3.43. The highest BCUT2D eigenvalue weighted by Crippen LogP contribution is 2.23. The average Bonchev–Trinajstić information content (AvgIpc) is 3.23. The summed E-state index contributed by atoms with van der Waals surface area (Å²) in [6, 6.07) is 10.9. The lowest BCUT2D eigenvalue weighted by atomic mass is 10.2. The molecular formula is C16H12N6O2. The van der Waals surface area contributed by atoms with Crippen LogP contribution < -0.4 is 5.32 Å². The minimum atomic E-state index is -0.118. The number of aromatic nitrogens is 5. The van der Waals surface area contributed by atoms with Gasteiger partial charge in [-0.15, -0.1) is 10.2 Å². The van der Waals surface area contributed by atoms with Crippen molar-refractivity contribution in [2.24, 2.45) is 0 Å². The van der Waals surface area contributed by atoms with Gasteiger partial charge in [0.2, 0.25) is 11.7 Å². The van der Waals surface area contributed by atoms with Crippen molar-refractivity contribution < 1.29 is 9.32 Å². The molecule has 118 valence electrons. The maximum Gasteiger partial charge on any atom is 0.258 e. The molecule has 0 spiro atoms. The Morgan fingerprint density at radius 2 is 1.92 bits per heavy atom. The highest BCUT2D eigenvalue weighted by molar-refractivity contribution is 5.88. The van der Waals surface area contributed by atoms with E-state index < -0.39 is 0 Å². The predicted octanol–water partition coefficient (Wildman–Crippen LogP) is 2.40. The van der Waals surface area contributed by atoms with Gasteiger partial charge in [0.05, 0.1) is 0 Å². The molecule has 8 nitrogen and oxygen atoms in total. The molecule has 1 aromatic carbocycles. The summed E-state index contributed by atoms with van der Waals surface area (Å²) in [5.74, 6) is 0.766. The van der Waals surface area contributed by atoms with Crippen LogP contribution in [0.15, 0.2) is 53.4 Å². The lowest BCUT2D eigenvalue weighted by molar-refractivity contribution is -0.114. The molecule has 3 heterocycles. The molecule has 1 amide bonds. The number of pyridine rings is 1. The Bertz CT molecular complexity index is 1020. The largest absolute Gasteiger partial charge is 0.334 e. The number of fused-ring (bicyclic) bond motifs is 1. The topological polar surface area (TPSA) is 98.2 Å². The lowest BCUT2D eigenvalue weighted by Crippen LogP contribution is -2.05. The molecule has 0 aliphatic heterocycles. The molecule has 0 bridgehead atoms. The second-order valence-corrected chi connectivity index (χ2v) is 5.20. The second kappa shape index (κ2) is 5.58. The van der Waals surface area contributed by atoms with Crippen LogP contribution in [0.2, 0.25) is 0 Å². The molecule has 0 atom stereocenters. The molecule has 0 saturated heterocycles. The fourth-order valence-corrected chi connectivity index (χ4v) is 2.32. The molecule has 0 fully saturated rings. The number of hydrogen-bond donors (Lipinski definition) is 1. The van der Waals surface area contributed by atoms with Gasteiger partial charge in [-0.2, -0.15) is 4.98 Å². The third-order valence-electron chi connectivity index (χ3n) is 3.43. The fourth-order valence-electron chi connectivity index (χ4n) is 2.32. The van der Waals surface area contributed by atoms with E-state index >= 15 is 0 Å². The average molecular weight is 320 g/mol. The van der Waals surface area contributed by atoms with Gasteiger partial charge < -0.3 is 9.84 Å². The molecule has 0 saturated carbocycles. The summed E-state index contributed by atoms with van der Waals surface area (Å²) in [4.78, 5) is 15.5. The Kier molecular flexibility index (Phi) is 3.27. The maximum atomic E-state index is 11.0. The van der Waals surface area contributed by atoms with Crippen LogP contribution in [0.5, 0.6) is 0 Å². The minimum absolute atomic E-state index is 0.118. The van der Waals surface area contributed by atoms with Crippen LogP contribution >= 0.6 is 0 Å². The zero-order valence-electron chi connectivity index (χ0n) is 12.7. The predicted molar refractivity (Wildman–Crippen MR) is 86.0 cm³/mol. The van der Waals surface area contributed by atoms with Gasteiger partial charge in [-0.05, 0) is 36.4 Å². The fraction of sp³-hybridized carbons (Fsp3) is 0.0625. The van der Waals surface area contributed by atoms with Crippen LogP contribution in [-0.4, -0.2) is 30.6 Å². The zero-order chi connectivity index (χ0) is 16.5. The summed E-state index contributed by atoms with van der Waals surface area (Å²) in [7, 11) is 0. The van der Waals surface area contributed by atoms with E-state index in [-0.39, 0.29) is 5.91 Å². The molecule has 0 radical (unpaired) electrons. The van der Waals surface area contributed by atoms with Crippen LogP contribution in [0, 0.1) is 0 Å². The Balaban J connectivity index is 1.63. The summed E-state index contributed by atoms with van der Waals surface area (Å²) in [6.45, 7) is 1.46. The van der Waals surface area contributed by atoms with Crippen LogP contribution in [0.25, 0.3) is 28.5 Å². The first-order chi connectivity index (χ1) is 11.7. The van der Waals surface area contributed by atoms with Crippen LogP contribution in [0.1, 0.15) is 6.92 Å². The van der Waals surface area contributed by atoms with Gasteiger partial charge in [-0.3, -0.25) is 9.20 Å². The molecule has 4 rings (SSSR count). The summed E-state index contributed by atoms with van der Waals surface area (Å²) in [5, 5.41) is 14.5. The van der Waals surface area contributed by atoms with Crippen molar-refractivity contribution in [3.8, 4) is 22.8 Å². The van der Waals surface area contributed by atoms with Gasteiger partial charge in [-0.25, -0.2) is 0 Å². The molecule has 3 aromatic heterocycles. The number of carbonyl (C=O) groups is 1. The van der Waals surface area contributed by atoms with E-state index in [1.807, 2.05) is 30.5 Å². The maximum absolute atomic E-state index is 11.0. The van der Waals surface area contributed by atoms with Gasteiger partial charge in [0, 0.05) is 29.9 Å². The van der Waals surface area contributed by atoms with Gasteiger partial charge in [0.25, 0.3) is 5.89 Å². The SMILES string of the molecule is CC(=O)Nc1ccc(-c2nc(-c3ccc4nncn4c3)no2)cc1. The van der Waals surface area contributed by atoms with Crippen molar-refractivity contribution in [1.82, 2.24) is 24.7 Å². The van der Waals surface area contributed by atoms with Crippen LogP contribution in [0.3, 0.4) is 0 Å². The van der Waals surface area contributed by atoms with Crippen molar-refractivity contribution in [2.75, 3.05) is 5.32 Å². The van der Waals surface area contributed by atoms with E-state index in [1.165, 1.54) is 6.92 Å². The monoisotopic (exact) mass is 320 g/mol. The highest BCUT2D eigenvalue weighted by Gasteiger charge is 2.11. The number of amides is 1. The van der Waals surface area contributed by atoms with Crippen molar-refractivity contribution in [3.05, 3.63) is 48.9 Å². The van der Waals surface area contributed by atoms with Crippen molar-refractivity contribution in [1.29, 1.82) is 0 Å². The van der Waals surface area contributed by atoms with E-state index in [0.29, 0.717) is 17.4 Å². The molecule has 4 aromatic rings. The smallest absolute Gasteiger partial charge is 0.258 e.